The van der Waals surface area contributed by atoms with Gasteiger partial charge in [0.15, 0.2) is 5.96 Å². The van der Waals surface area contributed by atoms with Crippen LogP contribution in [0.5, 0.6) is 0 Å². The maximum atomic E-state index is 4.55. The van der Waals surface area contributed by atoms with Gasteiger partial charge in [0.2, 0.25) is 0 Å². The van der Waals surface area contributed by atoms with E-state index < -0.39 is 0 Å². The number of piperidine rings is 1. The number of hydrogen-bond donors (Lipinski definition) is 1. The van der Waals surface area contributed by atoms with E-state index in [2.05, 4.69) is 69.2 Å². The maximum absolute atomic E-state index is 4.55. The maximum Gasteiger partial charge on any atom is 0.193 e. The van der Waals surface area contributed by atoms with Gasteiger partial charge >= 0.3 is 0 Å². The topological polar surface area (TPSA) is 45.5 Å². The third-order valence-electron chi connectivity index (χ3n) is 5.21. The Kier molecular flexibility index (Phi) is 7.52. The van der Waals surface area contributed by atoms with Crippen LogP contribution in [0.15, 0.2) is 41.2 Å². The van der Waals surface area contributed by atoms with Gasteiger partial charge < -0.3 is 14.8 Å². The molecule has 2 aromatic rings. The molecule has 0 amide bonds. The lowest BCUT2D eigenvalue weighted by Gasteiger charge is -2.40. The summed E-state index contributed by atoms with van der Waals surface area (Å²) in [4.78, 5) is 12.6. The minimum Gasteiger partial charge on any atom is -0.355 e. The van der Waals surface area contributed by atoms with Crippen LogP contribution in [0.2, 0.25) is 0 Å². The molecule has 1 aliphatic rings. The lowest BCUT2D eigenvalue weighted by molar-refractivity contribution is 0.188. The molecular weight excluding hydrogens is 457 g/mol. The zero-order valence-corrected chi connectivity index (χ0v) is 19.2. The van der Waals surface area contributed by atoms with Gasteiger partial charge in [-0.15, -0.1) is 35.3 Å². The van der Waals surface area contributed by atoms with Crippen molar-refractivity contribution in [2.75, 3.05) is 26.7 Å². The minimum atomic E-state index is 0. The standard InChI is InChI=1S/C19H29N5S.HI/c1-15-7-9-23(12-16(15)24-10-8-21-14-24)18(20-4)22-13-19(2,3)17-6-5-11-25-17;/h5-6,8,10-11,14-16H,7,9,12-13H2,1-4H3,(H,20,22);1H. The number of guanidine groups is 1. The largest absolute Gasteiger partial charge is 0.355 e. The number of thiophene rings is 1. The number of aromatic nitrogens is 2. The molecule has 3 rings (SSSR count). The molecular formula is C19H30IN5S. The Morgan fingerprint density at radius 2 is 2.27 bits per heavy atom. The molecule has 3 heterocycles. The highest BCUT2D eigenvalue weighted by molar-refractivity contribution is 14.0. The highest BCUT2D eigenvalue weighted by Crippen LogP contribution is 2.29. The molecule has 1 saturated heterocycles. The van der Waals surface area contributed by atoms with E-state index in [1.54, 1.807) is 0 Å². The Hall–Kier alpha value is -1.09. The van der Waals surface area contributed by atoms with Gasteiger partial charge in [-0.2, -0.15) is 0 Å². The highest BCUT2D eigenvalue weighted by atomic mass is 127. The molecule has 0 radical (unpaired) electrons. The summed E-state index contributed by atoms with van der Waals surface area (Å²) in [5.41, 5.74) is 0.0942. The van der Waals surface area contributed by atoms with Gasteiger partial charge in [0, 0.05) is 49.4 Å². The Balaban J connectivity index is 0.00000243. The van der Waals surface area contributed by atoms with Gasteiger partial charge in [-0.25, -0.2) is 4.98 Å². The summed E-state index contributed by atoms with van der Waals surface area (Å²) in [6, 6.07) is 4.78. The van der Waals surface area contributed by atoms with Crippen molar-refractivity contribution < 1.29 is 0 Å². The van der Waals surface area contributed by atoms with E-state index in [0.717, 1.165) is 32.0 Å². The molecule has 144 valence electrons. The monoisotopic (exact) mass is 487 g/mol. The van der Waals surface area contributed by atoms with E-state index in [4.69, 9.17) is 0 Å². The molecule has 1 N–H and O–H groups in total. The molecule has 2 aromatic heterocycles. The van der Waals surface area contributed by atoms with Crippen LogP contribution >= 0.6 is 35.3 Å². The highest BCUT2D eigenvalue weighted by Gasteiger charge is 2.30. The first-order valence-corrected chi connectivity index (χ1v) is 9.86. The van der Waals surface area contributed by atoms with Crippen LogP contribution in [0.3, 0.4) is 0 Å². The summed E-state index contributed by atoms with van der Waals surface area (Å²) in [5, 5.41) is 5.75. The lowest BCUT2D eigenvalue weighted by atomic mass is 9.91. The summed E-state index contributed by atoms with van der Waals surface area (Å²) < 4.78 is 2.24. The van der Waals surface area contributed by atoms with Gasteiger partial charge in [-0.05, 0) is 23.8 Å². The van der Waals surface area contributed by atoms with Crippen molar-refractivity contribution in [1.82, 2.24) is 19.8 Å². The van der Waals surface area contributed by atoms with Crippen LogP contribution < -0.4 is 5.32 Å². The molecule has 7 heteroatoms. The quantitative estimate of drug-likeness (QED) is 0.403. The molecule has 0 spiro atoms. The molecule has 2 unspecified atom stereocenters. The number of aliphatic imine (C=N–C) groups is 1. The van der Waals surface area contributed by atoms with Crippen LogP contribution in [0.25, 0.3) is 0 Å². The second-order valence-corrected chi connectivity index (χ2v) is 8.50. The Bertz CT molecular complexity index is 681. The number of likely N-dealkylation sites (tertiary alicyclic amines) is 1. The number of nitrogens with one attached hydrogen (secondary N) is 1. The smallest absolute Gasteiger partial charge is 0.193 e. The summed E-state index contributed by atoms with van der Waals surface area (Å²) in [6.45, 7) is 9.79. The number of halogens is 1. The van der Waals surface area contributed by atoms with E-state index in [0.29, 0.717) is 12.0 Å². The summed E-state index contributed by atoms with van der Waals surface area (Å²) in [6.07, 6.45) is 7.03. The van der Waals surface area contributed by atoms with E-state index in [9.17, 15) is 0 Å². The van der Waals surface area contributed by atoms with Crippen LogP contribution in [0.4, 0.5) is 0 Å². The molecule has 0 saturated carbocycles. The Morgan fingerprint density at radius 3 is 2.88 bits per heavy atom. The predicted molar refractivity (Wildman–Crippen MR) is 121 cm³/mol. The van der Waals surface area contributed by atoms with Gasteiger partial charge in [0.05, 0.1) is 12.4 Å². The summed E-state index contributed by atoms with van der Waals surface area (Å²) >= 11 is 1.82. The van der Waals surface area contributed by atoms with Crippen LogP contribution in [-0.4, -0.2) is 47.1 Å². The number of hydrogen-bond acceptors (Lipinski definition) is 3. The summed E-state index contributed by atoms with van der Waals surface area (Å²) in [7, 11) is 1.88. The van der Waals surface area contributed by atoms with Crippen molar-refractivity contribution >= 4 is 41.3 Å². The molecule has 5 nitrogen and oxygen atoms in total. The first-order valence-electron chi connectivity index (χ1n) is 8.98. The average Bonchev–Trinajstić information content (AvgIpc) is 3.30. The van der Waals surface area contributed by atoms with Gasteiger partial charge in [0.25, 0.3) is 0 Å². The zero-order valence-electron chi connectivity index (χ0n) is 16.1. The molecule has 0 aromatic carbocycles. The molecule has 26 heavy (non-hydrogen) atoms. The van der Waals surface area contributed by atoms with E-state index >= 15 is 0 Å². The molecule has 0 aliphatic carbocycles. The van der Waals surface area contributed by atoms with Crippen LogP contribution in [0, 0.1) is 5.92 Å². The molecule has 0 bridgehead atoms. The zero-order chi connectivity index (χ0) is 17.9. The molecule has 2 atom stereocenters. The van der Waals surface area contributed by atoms with Crippen molar-refractivity contribution in [3.63, 3.8) is 0 Å². The first kappa shape index (κ1) is 21.2. The normalized spacial score (nSPS) is 21.4. The fourth-order valence-corrected chi connectivity index (χ4v) is 4.33. The minimum absolute atomic E-state index is 0. The number of rotatable bonds is 4. The Labute approximate surface area is 177 Å². The van der Waals surface area contributed by atoms with E-state index in [-0.39, 0.29) is 29.4 Å². The van der Waals surface area contributed by atoms with Crippen molar-refractivity contribution in [3.05, 3.63) is 41.1 Å². The van der Waals surface area contributed by atoms with Crippen molar-refractivity contribution in [2.45, 2.75) is 38.6 Å². The van der Waals surface area contributed by atoms with Crippen LogP contribution in [-0.2, 0) is 5.41 Å². The second-order valence-electron chi connectivity index (χ2n) is 7.55. The molecule has 1 aliphatic heterocycles. The van der Waals surface area contributed by atoms with E-state index in [1.165, 1.54) is 4.88 Å². The predicted octanol–water partition coefficient (Wildman–Crippen LogP) is 4.00. The number of imidazole rings is 1. The van der Waals surface area contributed by atoms with Crippen molar-refractivity contribution in [3.8, 4) is 0 Å². The molecule has 1 fully saturated rings. The van der Waals surface area contributed by atoms with Gasteiger partial charge in [0.1, 0.15) is 0 Å². The second kappa shape index (κ2) is 9.21. The van der Waals surface area contributed by atoms with Crippen molar-refractivity contribution in [2.24, 2.45) is 10.9 Å². The van der Waals surface area contributed by atoms with E-state index in [1.807, 2.05) is 30.9 Å². The first-order chi connectivity index (χ1) is 12.0. The third-order valence-corrected chi connectivity index (χ3v) is 6.45. The van der Waals surface area contributed by atoms with Crippen molar-refractivity contribution in [1.29, 1.82) is 0 Å². The average molecular weight is 487 g/mol. The fraction of sp³-hybridized carbons (Fsp3) is 0.579. The fourth-order valence-electron chi connectivity index (χ4n) is 3.48. The number of nitrogens with zero attached hydrogens (tertiary/aromatic N) is 4. The third kappa shape index (κ3) is 4.79. The van der Waals surface area contributed by atoms with Gasteiger partial charge in [-0.1, -0.05) is 26.8 Å². The van der Waals surface area contributed by atoms with Crippen LogP contribution in [0.1, 0.15) is 38.1 Å². The Morgan fingerprint density at radius 1 is 1.46 bits per heavy atom. The summed E-state index contributed by atoms with van der Waals surface area (Å²) in [5.74, 6) is 1.65. The van der Waals surface area contributed by atoms with Gasteiger partial charge in [-0.3, -0.25) is 4.99 Å². The lowest BCUT2D eigenvalue weighted by Crippen LogP contribution is -2.50. The SMILES string of the molecule is CN=C(NCC(C)(C)c1cccs1)N1CCC(C)C(n2ccnc2)C1.I.